The molecule has 6 nitrogen and oxygen atoms in total. The Kier molecular flexibility index (Phi) is 11.2. The van der Waals surface area contributed by atoms with Gasteiger partial charge in [0.2, 0.25) is 0 Å². The molecule has 2 aromatic carbocycles. The topological polar surface area (TPSA) is 76.3 Å². The van der Waals surface area contributed by atoms with Gasteiger partial charge in [0, 0.05) is 43.3 Å². The van der Waals surface area contributed by atoms with Crippen molar-refractivity contribution in [2.24, 2.45) is 5.84 Å². The molecule has 3 rings (SSSR count). The third-order valence-electron chi connectivity index (χ3n) is 3.63. The van der Waals surface area contributed by atoms with Gasteiger partial charge >= 0.3 is 6.01 Å². The molecule has 1 heterocycles. The minimum Gasteiger partial charge on any atom is -0.458 e. The Hall–Kier alpha value is -3.38. The smallest absolute Gasteiger partial charge is 0.317 e. The van der Waals surface area contributed by atoms with E-state index in [2.05, 4.69) is 21.9 Å². The van der Waals surface area contributed by atoms with Crippen LogP contribution in [0.25, 0.3) is 11.3 Å². The quantitative estimate of drug-likeness (QED) is 0.466. The summed E-state index contributed by atoms with van der Waals surface area (Å²) in [6.07, 6.45) is 3.24. The number of benzene rings is 2. The van der Waals surface area contributed by atoms with Gasteiger partial charge in [0.1, 0.15) is 6.61 Å². The fourth-order valence-corrected chi connectivity index (χ4v) is 2.21. The molecule has 3 aromatic rings. The highest BCUT2D eigenvalue weighted by Crippen LogP contribution is 2.19. The largest absolute Gasteiger partial charge is 0.458 e. The van der Waals surface area contributed by atoms with Gasteiger partial charge < -0.3 is 15.1 Å². The number of anilines is 1. The molecule has 3 N–H and O–H groups in total. The van der Waals surface area contributed by atoms with Crippen molar-refractivity contribution in [1.82, 2.24) is 15.0 Å². The van der Waals surface area contributed by atoms with Crippen molar-refractivity contribution < 1.29 is 4.74 Å². The minimum absolute atomic E-state index is 0.382. The van der Waals surface area contributed by atoms with E-state index in [-0.39, 0.29) is 0 Å². The van der Waals surface area contributed by atoms with E-state index in [0.717, 1.165) is 22.5 Å². The molecule has 6 heteroatoms. The van der Waals surface area contributed by atoms with Gasteiger partial charge in [-0.25, -0.2) is 10.8 Å². The molecule has 0 fully saturated rings. The summed E-state index contributed by atoms with van der Waals surface area (Å²) in [7, 11) is 3.61. The van der Waals surface area contributed by atoms with Gasteiger partial charge in [0.05, 0.1) is 5.69 Å². The van der Waals surface area contributed by atoms with E-state index in [0.29, 0.717) is 12.6 Å². The second-order valence-corrected chi connectivity index (χ2v) is 5.63. The van der Waals surface area contributed by atoms with Crippen LogP contribution in [0.2, 0.25) is 0 Å². The van der Waals surface area contributed by atoms with Crippen LogP contribution < -0.4 is 15.9 Å². The van der Waals surface area contributed by atoms with Crippen molar-refractivity contribution in [3.8, 4) is 17.3 Å². The first-order chi connectivity index (χ1) is 14.1. The molecule has 1 aromatic heterocycles. The molecule has 0 aliphatic heterocycles. The number of nitrogens with two attached hydrogens (primary N) is 1. The lowest BCUT2D eigenvalue weighted by atomic mass is 10.1. The van der Waals surface area contributed by atoms with Crippen molar-refractivity contribution in [1.29, 1.82) is 0 Å². The zero-order valence-electron chi connectivity index (χ0n) is 17.7. The maximum absolute atomic E-state index is 5.73. The van der Waals surface area contributed by atoms with E-state index >= 15 is 0 Å². The van der Waals surface area contributed by atoms with E-state index in [9.17, 15) is 0 Å². The summed E-state index contributed by atoms with van der Waals surface area (Å²) in [6, 6.07) is 20.3. The Balaban J connectivity index is 0.000000527. The standard InChI is InChI=1S/C18H17N3O.C3H8N2.C2H6/c1-19-16-10-6-5-9-15(16)13-22-18-20-12-11-17(21-18)14-7-3-2-4-8-14;1-3-5(2)4;1-2/h2-12,19H,13H2,1H3;3H,1,4H2,2H3;1-2H3. The number of hydrazine groups is 1. The first-order valence-corrected chi connectivity index (χ1v) is 9.51. The highest BCUT2D eigenvalue weighted by molar-refractivity contribution is 5.58. The predicted octanol–water partition coefficient (Wildman–Crippen LogP) is 4.73. The molecule has 0 aliphatic carbocycles. The van der Waals surface area contributed by atoms with E-state index in [1.807, 2.05) is 81.6 Å². The molecular formula is C23H31N5O. The first-order valence-electron chi connectivity index (χ1n) is 9.51. The van der Waals surface area contributed by atoms with Crippen molar-refractivity contribution in [3.63, 3.8) is 0 Å². The number of nitrogens with one attached hydrogen (secondary N) is 1. The number of hydrogen-bond acceptors (Lipinski definition) is 6. The zero-order chi connectivity index (χ0) is 21.5. The van der Waals surface area contributed by atoms with Crippen LogP contribution in [0.3, 0.4) is 0 Å². The molecule has 29 heavy (non-hydrogen) atoms. The second-order valence-electron chi connectivity index (χ2n) is 5.63. The number of rotatable bonds is 6. The molecule has 154 valence electrons. The van der Waals surface area contributed by atoms with E-state index in [1.165, 1.54) is 11.2 Å². The first kappa shape index (κ1) is 23.7. The third-order valence-corrected chi connectivity index (χ3v) is 3.63. The Bertz CT molecular complexity index is 837. The van der Waals surface area contributed by atoms with Crippen LogP contribution in [-0.2, 0) is 6.61 Å². The molecule has 0 saturated carbocycles. The maximum atomic E-state index is 5.73. The van der Waals surface area contributed by atoms with E-state index in [1.54, 1.807) is 13.2 Å². The van der Waals surface area contributed by atoms with Gasteiger partial charge in [0.15, 0.2) is 0 Å². The fourth-order valence-electron chi connectivity index (χ4n) is 2.21. The highest BCUT2D eigenvalue weighted by atomic mass is 16.5. The van der Waals surface area contributed by atoms with Crippen LogP contribution in [0.1, 0.15) is 19.4 Å². The van der Waals surface area contributed by atoms with Crippen LogP contribution in [0.15, 0.2) is 79.6 Å². The third kappa shape index (κ3) is 8.45. The number of hydrogen-bond donors (Lipinski definition) is 2. The van der Waals surface area contributed by atoms with Gasteiger partial charge in [-0.1, -0.05) is 69.0 Å². The van der Waals surface area contributed by atoms with E-state index < -0.39 is 0 Å². The lowest BCUT2D eigenvalue weighted by molar-refractivity contribution is 0.281. The van der Waals surface area contributed by atoms with E-state index in [4.69, 9.17) is 10.6 Å². The lowest BCUT2D eigenvalue weighted by Crippen LogP contribution is -2.17. The molecule has 0 atom stereocenters. The van der Waals surface area contributed by atoms with Gasteiger partial charge in [-0.2, -0.15) is 4.98 Å². The molecule has 0 aliphatic rings. The molecule has 0 unspecified atom stereocenters. The second kappa shape index (κ2) is 13.7. The van der Waals surface area contributed by atoms with Gasteiger partial charge in [0.25, 0.3) is 0 Å². The summed E-state index contributed by atoms with van der Waals surface area (Å²) in [5.41, 5.74) is 4.01. The van der Waals surface area contributed by atoms with Crippen LogP contribution in [0.5, 0.6) is 6.01 Å². The maximum Gasteiger partial charge on any atom is 0.317 e. The van der Waals surface area contributed by atoms with Crippen LogP contribution in [0.4, 0.5) is 5.69 Å². The fraction of sp³-hybridized carbons (Fsp3) is 0.217. The van der Waals surface area contributed by atoms with Crippen LogP contribution >= 0.6 is 0 Å². The summed E-state index contributed by atoms with van der Waals surface area (Å²) >= 11 is 0. The molecular weight excluding hydrogens is 362 g/mol. The zero-order valence-corrected chi connectivity index (χ0v) is 17.7. The van der Waals surface area contributed by atoms with Crippen LogP contribution in [-0.4, -0.2) is 29.1 Å². The van der Waals surface area contributed by atoms with Gasteiger partial charge in [-0.05, 0) is 12.1 Å². The lowest BCUT2D eigenvalue weighted by Gasteiger charge is -2.10. The van der Waals surface area contributed by atoms with Gasteiger partial charge in [-0.3, -0.25) is 0 Å². The average Bonchev–Trinajstić information content (AvgIpc) is 2.80. The van der Waals surface area contributed by atoms with Crippen LogP contribution in [0, 0.1) is 0 Å². The summed E-state index contributed by atoms with van der Waals surface area (Å²) in [4.78, 5) is 8.64. The molecule has 0 saturated heterocycles. The number of nitrogens with zero attached hydrogens (tertiary/aromatic N) is 3. The van der Waals surface area contributed by atoms with Crippen molar-refractivity contribution >= 4 is 5.69 Å². The SMILES string of the molecule is C=CN(C)N.CC.CNc1ccccc1COc1nccc(-c2ccccc2)n1. The molecule has 0 spiro atoms. The average molecular weight is 394 g/mol. The summed E-state index contributed by atoms with van der Waals surface area (Å²) < 4.78 is 5.73. The highest BCUT2D eigenvalue weighted by Gasteiger charge is 2.05. The minimum atomic E-state index is 0.382. The normalized spacial score (nSPS) is 9.14. The van der Waals surface area contributed by atoms with Crippen molar-refractivity contribution in [2.45, 2.75) is 20.5 Å². The number of para-hydroxylation sites is 1. The van der Waals surface area contributed by atoms with Gasteiger partial charge in [-0.15, -0.1) is 0 Å². The Labute approximate surface area is 174 Å². The molecule has 0 amide bonds. The van der Waals surface area contributed by atoms with Crippen molar-refractivity contribution in [2.75, 3.05) is 19.4 Å². The Morgan fingerprint density at radius 1 is 1.07 bits per heavy atom. The summed E-state index contributed by atoms with van der Waals surface area (Å²) in [5, 5.41) is 4.54. The monoisotopic (exact) mass is 393 g/mol. The number of ether oxygens (including phenoxy) is 1. The predicted molar refractivity (Wildman–Crippen MR) is 121 cm³/mol. The Morgan fingerprint density at radius 2 is 1.69 bits per heavy atom. The summed E-state index contributed by atoms with van der Waals surface area (Å²) in [5.74, 6) is 5.01. The van der Waals surface area contributed by atoms with Crippen molar-refractivity contribution in [3.05, 3.63) is 85.2 Å². The number of aromatic nitrogens is 2. The molecule has 0 radical (unpaired) electrons. The Morgan fingerprint density at radius 3 is 2.31 bits per heavy atom. The molecule has 0 bridgehead atoms. The summed E-state index contributed by atoms with van der Waals surface area (Å²) in [6.45, 7) is 7.79.